The largest absolute Gasteiger partial charge is 0.445 e. The highest BCUT2D eigenvalue weighted by atomic mass is 32.2. The second-order valence-corrected chi connectivity index (χ2v) is 9.60. The van der Waals surface area contributed by atoms with E-state index in [4.69, 9.17) is 10.5 Å². The van der Waals surface area contributed by atoms with Crippen LogP contribution in [0.5, 0.6) is 0 Å². The molecule has 172 valence electrons. The molecule has 0 aromatic heterocycles. The van der Waals surface area contributed by atoms with Crippen molar-refractivity contribution < 1.29 is 27.5 Å². The molecule has 0 aliphatic carbocycles. The van der Waals surface area contributed by atoms with Gasteiger partial charge in [0, 0.05) is 24.1 Å². The van der Waals surface area contributed by atoms with Crippen molar-refractivity contribution in [2.75, 3.05) is 6.26 Å². The normalized spacial score (nSPS) is 13.5. The molecule has 0 unspecified atom stereocenters. The zero-order valence-electron chi connectivity index (χ0n) is 18.0. The average molecular weight is 454 g/mol. The van der Waals surface area contributed by atoms with Crippen LogP contribution in [0.25, 0.3) is 0 Å². The Morgan fingerprint density at radius 2 is 1.77 bits per heavy atom. The third-order valence-corrected chi connectivity index (χ3v) is 4.77. The lowest BCUT2D eigenvalue weighted by Gasteiger charge is -2.23. The molecule has 9 nitrogen and oxygen atoms in total. The first kappa shape index (κ1) is 26.2. The summed E-state index contributed by atoms with van der Waals surface area (Å²) in [5, 5.41) is 6.17. The maximum absolute atomic E-state index is 12.8. The first-order valence-electron chi connectivity index (χ1n) is 9.90. The van der Waals surface area contributed by atoms with Crippen molar-refractivity contribution in [3.63, 3.8) is 0 Å². The van der Waals surface area contributed by atoms with Gasteiger partial charge in [-0.1, -0.05) is 50.3 Å². The molecule has 0 bridgehead atoms. The number of hydrogen-bond donors (Lipinski definition) is 3. The van der Waals surface area contributed by atoms with Crippen molar-refractivity contribution in [1.29, 1.82) is 0 Å². The van der Waals surface area contributed by atoms with E-state index in [1.165, 1.54) is 6.08 Å². The Labute approximate surface area is 183 Å². The maximum Gasteiger partial charge on any atom is 0.408 e. The number of carbonyl (C=O) groups excluding carboxylic acids is 3. The molecule has 0 saturated carbocycles. The number of ether oxygens (including phenoxy) is 1. The number of sulfone groups is 1. The summed E-state index contributed by atoms with van der Waals surface area (Å²) in [5.41, 5.74) is 5.96. The quantitative estimate of drug-likeness (QED) is 0.439. The topological polar surface area (TPSA) is 145 Å². The summed E-state index contributed by atoms with van der Waals surface area (Å²) in [7, 11) is -3.42. The van der Waals surface area contributed by atoms with Gasteiger partial charge in [-0.2, -0.15) is 0 Å². The second-order valence-electron chi connectivity index (χ2n) is 7.67. The molecule has 1 aromatic carbocycles. The number of amides is 3. The molecule has 1 aromatic rings. The fourth-order valence-corrected chi connectivity index (χ4v) is 3.12. The summed E-state index contributed by atoms with van der Waals surface area (Å²) in [6.07, 6.45) is 1.98. The van der Waals surface area contributed by atoms with Gasteiger partial charge in [0.1, 0.15) is 12.6 Å². The third kappa shape index (κ3) is 12.4. The summed E-state index contributed by atoms with van der Waals surface area (Å²) in [5.74, 6) is -1.01. The predicted octanol–water partition coefficient (Wildman–Crippen LogP) is 1.64. The van der Waals surface area contributed by atoms with Gasteiger partial charge in [0.2, 0.25) is 11.8 Å². The van der Waals surface area contributed by atoms with Crippen molar-refractivity contribution in [3.8, 4) is 0 Å². The van der Waals surface area contributed by atoms with Crippen LogP contribution in [-0.2, 0) is 30.8 Å². The van der Waals surface area contributed by atoms with Crippen LogP contribution in [0.4, 0.5) is 4.79 Å². The number of rotatable bonds is 12. The monoisotopic (exact) mass is 453 g/mol. The van der Waals surface area contributed by atoms with E-state index in [1.54, 1.807) is 0 Å². The van der Waals surface area contributed by atoms with E-state index >= 15 is 0 Å². The van der Waals surface area contributed by atoms with E-state index < -0.39 is 39.8 Å². The number of carbonyl (C=O) groups is 3. The zero-order valence-corrected chi connectivity index (χ0v) is 18.9. The van der Waals surface area contributed by atoms with Crippen molar-refractivity contribution in [3.05, 3.63) is 47.4 Å². The highest BCUT2D eigenvalue weighted by Crippen LogP contribution is 2.09. The van der Waals surface area contributed by atoms with Gasteiger partial charge in [-0.25, -0.2) is 13.2 Å². The molecule has 1 rings (SSSR count). The molecular weight excluding hydrogens is 422 g/mol. The number of alkyl carbamates (subject to hydrolysis) is 1. The number of nitrogens with two attached hydrogens (primary N) is 1. The molecule has 0 spiro atoms. The van der Waals surface area contributed by atoms with Crippen molar-refractivity contribution >= 4 is 27.7 Å². The van der Waals surface area contributed by atoms with E-state index in [2.05, 4.69) is 10.6 Å². The number of hydrogen-bond acceptors (Lipinski definition) is 6. The Kier molecular flexibility index (Phi) is 10.7. The van der Waals surface area contributed by atoms with Crippen LogP contribution in [0.3, 0.4) is 0 Å². The van der Waals surface area contributed by atoms with Gasteiger partial charge in [0.05, 0.1) is 0 Å². The summed E-state index contributed by atoms with van der Waals surface area (Å²) < 4.78 is 28.0. The molecule has 4 N–H and O–H groups in total. The van der Waals surface area contributed by atoms with Crippen molar-refractivity contribution in [2.24, 2.45) is 11.7 Å². The first-order valence-corrected chi connectivity index (χ1v) is 11.9. The molecule has 2 atom stereocenters. The molecule has 10 heteroatoms. The molecular formula is C21H31N3O6S. The van der Waals surface area contributed by atoms with E-state index in [1.807, 2.05) is 44.2 Å². The minimum atomic E-state index is -3.42. The smallest absolute Gasteiger partial charge is 0.408 e. The van der Waals surface area contributed by atoms with Crippen LogP contribution in [0.15, 0.2) is 41.8 Å². The summed E-state index contributed by atoms with van der Waals surface area (Å²) >= 11 is 0. The summed E-state index contributed by atoms with van der Waals surface area (Å²) in [4.78, 5) is 36.1. The Morgan fingerprint density at radius 1 is 1.13 bits per heavy atom. The Balaban J connectivity index is 2.81. The molecule has 0 fully saturated rings. The number of nitrogens with one attached hydrogen (secondary N) is 2. The highest BCUT2D eigenvalue weighted by molar-refractivity contribution is 7.93. The van der Waals surface area contributed by atoms with E-state index in [-0.39, 0.29) is 25.4 Å². The predicted molar refractivity (Wildman–Crippen MR) is 117 cm³/mol. The Bertz CT molecular complexity index is 868. The molecule has 0 saturated heterocycles. The Hall–Kier alpha value is -2.88. The molecule has 31 heavy (non-hydrogen) atoms. The molecule has 0 radical (unpaired) electrons. The van der Waals surface area contributed by atoms with Gasteiger partial charge in [-0.3, -0.25) is 9.59 Å². The van der Waals surface area contributed by atoms with Crippen molar-refractivity contribution in [1.82, 2.24) is 10.6 Å². The van der Waals surface area contributed by atoms with E-state index in [0.29, 0.717) is 6.42 Å². The second kappa shape index (κ2) is 12.7. The number of benzene rings is 1. The third-order valence-electron chi connectivity index (χ3n) is 4.12. The van der Waals surface area contributed by atoms with Crippen LogP contribution in [-0.4, -0.2) is 44.7 Å². The van der Waals surface area contributed by atoms with Gasteiger partial charge >= 0.3 is 6.09 Å². The van der Waals surface area contributed by atoms with Gasteiger partial charge in [-0.15, -0.1) is 0 Å². The molecule has 0 heterocycles. The standard InChI is InChI=1S/C21H31N3O6S/c1-15(2)13-18(24-21(27)30-14-16-7-5-4-6-8-16)20(26)23-17(9-10-19(22)25)11-12-31(3,28)29/h4-8,11-12,15,17-18H,9-10,13-14H2,1-3H3,(H2,22,25)(H,23,26)(H,24,27)/b12-11+/t17-,18-/m0/s1. The van der Waals surface area contributed by atoms with Gasteiger partial charge in [-0.05, 0) is 24.3 Å². The van der Waals surface area contributed by atoms with Crippen LogP contribution < -0.4 is 16.4 Å². The lowest BCUT2D eigenvalue weighted by atomic mass is 10.0. The molecule has 3 amide bonds. The van der Waals surface area contributed by atoms with Crippen LogP contribution in [0, 0.1) is 5.92 Å². The fraction of sp³-hybridized carbons (Fsp3) is 0.476. The molecule has 0 aliphatic heterocycles. The van der Waals surface area contributed by atoms with E-state index in [0.717, 1.165) is 17.2 Å². The maximum atomic E-state index is 12.8. The first-order chi connectivity index (χ1) is 14.5. The van der Waals surface area contributed by atoms with Gasteiger partial charge in [0.15, 0.2) is 9.84 Å². The van der Waals surface area contributed by atoms with Crippen LogP contribution in [0.2, 0.25) is 0 Å². The lowest BCUT2D eigenvalue weighted by molar-refractivity contribution is -0.124. The SMILES string of the molecule is CC(C)C[C@H](NC(=O)OCc1ccccc1)C(=O)N[C@H](/C=C/S(C)(=O)=O)CCC(N)=O. The van der Waals surface area contributed by atoms with Crippen LogP contribution in [0.1, 0.15) is 38.7 Å². The van der Waals surface area contributed by atoms with Gasteiger partial charge in [0.25, 0.3) is 0 Å². The van der Waals surface area contributed by atoms with E-state index in [9.17, 15) is 22.8 Å². The average Bonchev–Trinajstić information content (AvgIpc) is 2.67. The number of primary amides is 1. The minimum absolute atomic E-state index is 0.0412. The fourth-order valence-electron chi connectivity index (χ4n) is 2.65. The highest BCUT2D eigenvalue weighted by Gasteiger charge is 2.24. The lowest BCUT2D eigenvalue weighted by Crippen LogP contribution is -2.50. The Morgan fingerprint density at radius 3 is 2.32 bits per heavy atom. The summed E-state index contributed by atoms with van der Waals surface area (Å²) in [6, 6.07) is 7.47. The van der Waals surface area contributed by atoms with Gasteiger partial charge < -0.3 is 21.1 Å². The minimum Gasteiger partial charge on any atom is -0.445 e. The summed E-state index contributed by atoms with van der Waals surface area (Å²) in [6.45, 7) is 3.85. The zero-order chi connectivity index (χ0) is 23.4. The van der Waals surface area contributed by atoms with Crippen molar-refractivity contribution in [2.45, 2.75) is 51.8 Å². The molecule has 0 aliphatic rings. The van der Waals surface area contributed by atoms with Crippen LogP contribution >= 0.6 is 0 Å².